The van der Waals surface area contributed by atoms with Gasteiger partial charge in [-0.2, -0.15) is 5.26 Å². The SMILES string of the molecule is Cn1cncc1-c1cc(-c2ccc(F)c(F)c2)nc(N)c1C#N. The molecule has 0 saturated heterocycles. The first kappa shape index (κ1) is 14.7. The third-order valence-electron chi connectivity index (χ3n) is 3.47. The number of rotatable bonds is 2. The lowest BCUT2D eigenvalue weighted by Crippen LogP contribution is -2.02. The number of hydrogen-bond donors (Lipinski definition) is 1. The van der Waals surface area contributed by atoms with Gasteiger partial charge in [0.25, 0.3) is 0 Å². The van der Waals surface area contributed by atoms with E-state index in [4.69, 9.17) is 5.73 Å². The lowest BCUT2D eigenvalue weighted by molar-refractivity contribution is 0.509. The Kier molecular flexibility index (Phi) is 3.50. The molecule has 3 aromatic rings. The standard InChI is InChI=1S/C16H11F2N5/c1-23-8-21-7-15(23)10-5-14(22-16(20)11(10)6-19)9-2-3-12(17)13(18)4-9/h2-5,7-8H,1H3,(H2,20,22). The average Bonchev–Trinajstić information content (AvgIpc) is 2.95. The van der Waals surface area contributed by atoms with Crippen LogP contribution in [0.25, 0.3) is 22.5 Å². The molecule has 3 rings (SSSR count). The lowest BCUT2D eigenvalue weighted by atomic mass is 10.0. The monoisotopic (exact) mass is 311 g/mol. The molecule has 2 heterocycles. The molecule has 5 nitrogen and oxygen atoms in total. The Morgan fingerprint density at radius 3 is 2.61 bits per heavy atom. The molecular weight excluding hydrogens is 300 g/mol. The van der Waals surface area contributed by atoms with Crippen LogP contribution in [0.4, 0.5) is 14.6 Å². The van der Waals surface area contributed by atoms with Crippen LogP contribution in [0.5, 0.6) is 0 Å². The highest BCUT2D eigenvalue weighted by Gasteiger charge is 2.16. The van der Waals surface area contributed by atoms with Gasteiger partial charge in [0.15, 0.2) is 11.6 Å². The second-order valence-corrected chi connectivity index (χ2v) is 4.95. The maximum absolute atomic E-state index is 13.4. The van der Waals surface area contributed by atoms with E-state index in [1.807, 2.05) is 6.07 Å². The van der Waals surface area contributed by atoms with Gasteiger partial charge in [-0.25, -0.2) is 18.7 Å². The van der Waals surface area contributed by atoms with Gasteiger partial charge in [-0.05, 0) is 24.3 Å². The topological polar surface area (TPSA) is 80.5 Å². The molecule has 0 bridgehead atoms. The molecule has 114 valence electrons. The molecule has 0 aliphatic rings. The number of aryl methyl sites for hydroxylation is 1. The largest absolute Gasteiger partial charge is 0.383 e. The summed E-state index contributed by atoms with van der Waals surface area (Å²) < 4.78 is 28.3. The van der Waals surface area contributed by atoms with Crippen LogP contribution in [-0.4, -0.2) is 14.5 Å². The highest BCUT2D eigenvalue weighted by molar-refractivity contribution is 5.78. The Hall–Kier alpha value is -3.27. The quantitative estimate of drug-likeness (QED) is 0.789. The molecule has 23 heavy (non-hydrogen) atoms. The van der Waals surface area contributed by atoms with Crippen LogP contribution in [0.1, 0.15) is 5.56 Å². The first-order chi connectivity index (χ1) is 11.0. The van der Waals surface area contributed by atoms with Crippen molar-refractivity contribution < 1.29 is 8.78 Å². The summed E-state index contributed by atoms with van der Waals surface area (Å²) in [5.74, 6) is -1.90. The summed E-state index contributed by atoms with van der Waals surface area (Å²) in [5.41, 5.74) is 7.97. The molecule has 0 radical (unpaired) electrons. The third kappa shape index (κ3) is 2.51. The smallest absolute Gasteiger partial charge is 0.159 e. The number of nitrogens with zero attached hydrogens (tertiary/aromatic N) is 4. The molecule has 0 aliphatic heterocycles. The van der Waals surface area contributed by atoms with E-state index in [0.717, 1.165) is 12.1 Å². The fraction of sp³-hybridized carbons (Fsp3) is 0.0625. The van der Waals surface area contributed by atoms with Crippen molar-refractivity contribution >= 4 is 5.82 Å². The molecule has 0 amide bonds. The molecule has 0 unspecified atom stereocenters. The molecule has 1 aromatic carbocycles. The number of pyridine rings is 1. The van der Waals surface area contributed by atoms with E-state index in [9.17, 15) is 14.0 Å². The van der Waals surface area contributed by atoms with Gasteiger partial charge in [0.05, 0.1) is 23.9 Å². The zero-order valence-corrected chi connectivity index (χ0v) is 12.1. The lowest BCUT2D eigenvalue weighted by Gasteiger charge is -2.10. The zero-order chi connectivity index (χ0) is 16.6. The summed E-state index contributed by atoms with van der Waals surface area (Å²) in [5, 5.41) is 9.32. The van der Waals surface area contributed by atoms with E-state index in [-0.39, 0.29) is 11.4 Å². The third-order valence-corrected chi connectivity index (χ3v) is 3.47. The molecular formula is C16H11F2N5. The van der Waals surface area contributed by atoms with E-state index < -0.39 is 11.6 Å². The van der Waals surface area contributed by atoms with E-state index in [1.54, 1.807) is 30.2 Å². The Balaban J connectivity index is 2.25. The maximum Gasteiger partial charge on any atom is 0.159 e. The Morgan fingerprint density at radius 2 is 2.00 bits per heavy atom. The van der Waals surface area contributed by atoms with E-state index in [0.29, 0.717) is 22.5 Å². The van der Waals surface area contributed by atoms with Crippen molar-refractivity contribution in [3.8, 4) is 28.6 Å². The summed E-state index contributed by atoms with van der Waals surface area (Å²) in [6, 6.07) is 7.08. The first-order valence-corrected chi connectivity index (χ1v) is 6.64. The molecule has 0 fully saturated rings. The van der Waals surface area contributed by atoms with Crippen LogP contribution < -0.4 is 5.73 Å². The summed E-state index contributed by atoms with van der Waals surface area (Å²) >= 11 is 0. The maximum atomic E-state index is 13.4. The Labute approximate surface area is 130 Å². The minimum atomic E-state index is -0.977. The highest BCUT2D eigenvalue weighted by Crippen LogP contribution is 2.31. The van der Waals surface area contributed by atoms with Crippen LogP contribution in [0, 0.1) is 23.0 Å². The molecule has 0 atom stereocenters. The predicted molar refractivity (Wildman–Crippen MR) is 80.9 cm³/mol. The predicted octanol–water partition coefficient (Wildman–Crippen LogP) is 2.88. The van der Waals surface area contributed by atoms with Gasteiger partial charge >= 0.3 is 0 Å². The summed E-state index contributed by atoms with van der Waals surface area (Å²) in [6.45, 7) is 0. The van der Waals surface area contributed by atoms with Gasteiger partial charge < -0.3 is 10.3 Å². The van der Waals surface area contributed by atoms with Gasteiger partial charge in [-0.1, -0.05) is 0 Å². The fourth-order valence-electron chi connectivity index (χ4n) is 2.30. The summed E-state index contributed by atoms with van der Waals surface area (Å²) in [6.07, 6.45) is 3.18. The minimum absolute atomic E-state index is 0.0194. The average molecular weight is 311 g/mol. The van der Waals surface area contributed by atoms with Gasteiger partial charge in [0, 0.05) is 18.2 Å². The van der Waals surface area contributed by atoms with Crippen molar-refractivity contribution in [2.24, 2.45) is 7.05 Å². The van der Waals surface area contributed by atoms with Crippen LogP contribution >= 0.6 is 0 Å². The number of anilines is 1. The number of nitrogen functional groups attached to an aromatic ring is 1. The van der Waals surface area contributed by atoms with E-state index in [1.165, 1.54) is 6.07 Å². The summed E-state index contributed by atoms with van der Waals surface area (Å²) in [7, 11) is 1.78. The normalized spacial score (nSPS) is 10.5. The molecule has 0 aliphatic carbocycles. The molecule has 0 saturated carbocycles. The van der Waals surface area contributed by atoms with Crippen LogP contribution in [0.3, 0.4) is 0 Å². The van der Waals surface area contributed by atoms with Crippen molar-refractivity contribution in [1.82, 2.24) is 14.5 Å². The van der Waals surface area contributed by atoms with Gasteiger partial charge in [0.1, 0.15) is 17.5 Å². The first-order valence-electron chi connectivity index (χ1n) is 6.64. The second-order valence-electron chi connectivity index (χ2n) is 4.95. The number of imidazole rings is 1. The summed E-state index contributed by atoms with van der Waals surface area (Å²) in [4.78, 5) is 8.14. The van der Waals surface area contributed by atoms with Gasteiger partial charge in [0.2, 0.25) is 0 Å². The van der Waals surface area contributed by atoms with Crippen LogP contribution in [0.15, 0.2) is 36.8 Å². The van der Waals surface area contributed by atoms with Crippen molar-refractivity contribution in [2.75, 3.05) is 5.73 Å². The van der Waals surface area contributed by atoms with Crippen molar-refractivity contribution in [2.45, 2.75) is 0 Å². The molecule has 2 N–H and O–H groups in total. The van der Waals surface area contributed by atoms with Gasteiger partial charge in [-0.15, -0.1) is 0 Å². The fourth-order valence-corrected chi connectivity index (χ4v) is 2.30. The zero-order valence-electron chi connectivity index (χ0n) is 12.1. The molecule has 2 aromatic heterocycles. The van der Waals surface area contributed by atoms with E-state index >= 15 is 0 Å². The number of hydrogen-bond acceptors (Lipinski definition) is 4. The second kappa shape index (κ2) is 5.50. The number of halogens is 2. The number of nitrogens with two attached hydrogens (primary N) is 1. The highest BCUT2D eigenvalue weighted by atomic mass is 19.2. The van der Waals surface area contributed by atoms with Crippen molar-refractivity contribution in [3.05, 3.63) is 54.0 Å². The van der Waals surface area contributed by atoms with Crippen LogP contribution in [-0.2, 0) is 7.05 Å². The molecule has 0 spiro atoms. The Morgan fingerprint density at radius 1 is 1.22 bits per heavy atom. The Bertz CT molecular complexity index is 940. The van der Waals surface area contributed by atoms with E-state index in [2.05, 4.69) is 9.97 Å². The number of benzene rings is 1. The van der Waals surface area contributed by atoms with Crippen molar-refractivity contribution in [3.63, 3.8) is 0 Å². The van der Waals surface area contributed by atoms with Gasteiger partial charge in [-0.3, -0.25) is 0 Å². The van der Waals surface area contributed by atoms with Crippen LogP contribution in [0.2, 0.25) is 0 Å². The number of nitriles is 1. The van der Waals surface area contributed by atoms with Crippen molar-refractivity contribution in [1.29, 1.82) is 5.26 Å². The molecule has 7 heteroatoms. The minimum Gasteiger partial charge on any atom is -0.383 e. The number of aromatic nitrogens is 3.